The van der Waals surface area contributed by atoms with E-state index in [2.05, 4.69) is 41.8 Å². The van der Waals surface area contributed by atoms with Crippen LogP contribution in [0.25, 0.3) is 32.4 Å². The normalized spacial score (nSPS) is 11.3. The maximum Gasteiger partial charge on any atom is 0.135 e. The minimum Gasteiger partial charge on any atom is -0.456 e. The molecule has 4 rings (SSSR count). The van der Waals surface area contributed by atoms with Gasteiger partial charge in [0, 0.05) is 15.6 Å². The van der Waals surface area contributed by atoms with Crippen LogP contribution in [0.5, 0.6) is 0 Å². The Morgan fingerprint density at radius 2 is 1.78 bits per heavy atom. The lowest BCUT2D eigenvalue weighted by Gasteiger charge is -1.96. The lowest BCUT2D eigenvalue weighted by molar-refractivity contribution is 0.631. The van der Waals surface area contributed by atoms with Crippen LogP contribution in [-0.4, -0.2) is 0 Å². The summed E-state index contributed by atoms with van der Waals surface area (Å²) >= 11 is 1.77. The maximum absolute atomic E-state index is 5.88. The number of hydrogen-bond donors (Lipinski definition) is 0. The lowest BCUT2D eigenvalue weighted by atomic mass is 10.1. The van der Waals surface area contributed by atoms with Gasteiger partial charge in [-0.2, -0.15) is 0 Å². The number of para-hydroxylation sites is 1. The highest BCUT2D eigenvalue weighted by molar-refractivity contribution is 7.17. The second kappa shape index (κ2) is 3.72. The molecular formula is C16H10OS. The molecule has 0 unspecified atom stereocenters. The summed E-state index contributed by atoms with van der Waals surface area (Å²) < 4.78 is 7.20. The molecule has 4 aromatic rings. The van der Waals surface area contributed by atoms with Gasteiger partial charge in [-0.3, -0.25) is 0 Å². The summed E-state index contributed by atoms with van der Waals surface area (Å²) in [7, 11) is 0. The van der Waals surface area contributed by atoms with Gasteiger partial charge in [0.2, 0.25) is 0 Å². The van der Waals surface area contributed by atoms with Crippen LogP contribution >= 0.6 is 11.3 Å². The molecule has 0 aliphatic rings. The van der Waals surface area contributed by atoms with E-state index in [0.29, 0.717) is 0 Å². The molecule has 0 fully saturated rings. The van der Waals surface area contributed by atoms with Crippen LogP contribution in [0.15, 0.2) is 64.4 Å². The van der Waals surface area contributed by atoms with Crippen molar-refractivity contribution in [1.29, 1.82) is 0 Å². The summed E-state index contributed by atoms with van der Waals surface area (Å²) in [5.74, 6) is 0.935. The van der Waals surface area contributed by atoms with Gasteiger partial charge in [-0.15, -0.1) is 11.3 Å². The van der Waals surface area contributed by atoms with E-state index in [-0.39, 0.29) is 0 Å². The Balaban J connectivity index is 1.94. The molecule has 86 valence electrons. The Labute approximate surface area is 108 Å². The highest BCUT2D eigenvalue weighted by atomic mass is 32.1. The Morgan fingerprint density at radius 1 is 0.833 bits per heavy atom. The Kier molecular flexibility index (Phi) is 2.05. The minimum atomic E-state index is 0.935. The molecule has 2 aromatic heterocycles. The summed E-state index contributed by atoms with van der Waals surface area (Å²) in [6.45, 7) is 0. The van der Waals surface area contributed by atoms with Gasteiger partial charge in [0.25, 0.3) is 0 Å². The first-order valence-electron chi connectivity index (χ1n) is 5.86. The zero-order valence-corrected chi connectivity index (χ0v) is 10.4. The summed E-state index contributed by atoms with van der Waals surface area (Å²) in [6.07, 6.45) is 0. The van der Waals surface area contributed by atoms with Crippen molar-refractivity contribution in [3.63, 3.8) is 0 Å². The van der Waals surface area contributed by atoms with Crippen LogP contribution in [-0.2, 0) is 0 Å². The Bertz CT molecular complexity index is 805. The molecule has 18 heavy (non-hydrogen) atoms. The molecule has 0 saturated carbocycles. The average Bonchev–Trinajstić information content (AvgIpc) is 3.04. The second-order valence-corrected chi connectivity index (χ2v) is 5.27. The average molecular weight is 250 g/mol. The predicted octanol–water partition coefficient (Wildman–Crippen LogP) is 5.31. The van der Waals surface area contributed by atoms with E-state index < -0.39 is 0 Å². The third kappa shape index (κ3) is 1.46. The highest BCUT2D eigenvalue weighted by Gasteiger charge is 2.06. The van der Waals surface area contributed by atoms with Crippen LogP contribution in [0.1, 0.15) is 0 Å². The molecule has 2 aromatic carbocycles. The van der Waals surface area contributed by atoms with E-state index in [1.807, 2.05) is 18.2 Å². The number of benzene rings is 2. The third-order valence-electron chi connectivity index (χ3n) is 3.16. The van der Waals surface area contributed by atoms with Crippen molar-refractivity contribution >= 4 is 32.4 Å². The smallest absolute Gasteiger partial charge is 0.135 e. The van der Waals surface area contributed by atoms with Crippen molar-refractivity contribution in [2.75, 3.05) is 0 Å². The molecule has 0 spiro atoms. The predicted molar refractivity (Wildman–Crippen MR) is 77.0 cm³/mol. The number of thiophene rings is 1. The van der Waals surface area contributed by atoms with Crippen molar-refractivity contribution in [2.24, 2.45) is 0 Å². The zero-order chi connectivity index (χ0) is 11.9. The number of furan rings is 1. The zero-order valence-electron chi connectivity index (χ0n) is 9.59. The molecule has 2 heterocycles. The van der Waals surface area contributed by atoms with Gasteiger partial charge in [-0.1, -0.05) is 18.2 Å². The van der Waals surface area contributed by atoms with E-state index >= 15 is 0 Å². The minimum absolute atomic E-state index is 0.935. The van der Waals surface area contributed by atoms with E-state index in [0.717, 1.165) is 22.3 Å². The summed E-state index contributed by atoms with van der Waals surface area (Å²) in [5, 5.41) is 4.54. The molecular weight excluding hydrogens is 240 g/mol. The Morgan fingerprint density at radius 3 is 2.72 bits per heavy atom. The van der Waals surface area contributed by atoms with Crippen LogP contribution in [0.4, 0.5) is 0 Å². The molecule has 0 saturated heterocycles. The molecule has 1 nitrogen and oxygen atoms in total. The summed E-state index contributed by atoms with van der Waals surface area (Å²) in [6, 6.07) is 18.8. The first-order chi connectivity index (χ1) is 8.90. The number of rotatable bonds is 1. The van der Waals surface area contributed by atoms with Crippen LogP contribution in [0.2, 0.25) is 0 Å². The monoisotopic (exact) mass is 250 g/mol. The topological polar surface area (TPSA) is 13.1 Å². The number of fused-ring (bicyclic) bond motifs is 2. The van der Waals surface area contributed by atoms with Crippen molar-refractivity contribution in [3.8, 4) is 11.3 Å². The van der Waals surface area contributed by atoms with Crippen LogP contribution < -0.4 is 0 Å². The van der Waals surface area contributed by atoms with Gasteiger partial charge >= 0.3 is 0 Å². The summed E-state index contributed by atoms with van der Waals surface area (Å²) in [4.78, 5) is 0. The first-order valence-corrected chi connectivity index (χ1v) is 6.74. The van der Waals surface area contributed by atoms with Crippen molar-refractivity contribution < 1.29 is 4.42 Å². The fraction of sp³-hybridized carbons (Fsp3) is 0. The van der Waals surface area contributed by atoms with E-state index in [1.165, 1.54) is 10.1 Å². The SMILES string of the molecule is c1ccc2oc(-c3ccc4sccc4c3)cc2c1. The van der Waals surface area contributed by atoms with Crippen molar-refractivity contribution in [1.82, 2.24) is 0 Å². The Hall–Kier alpha value is -2.06. The van der Waals surface area contributed by atoms with Gasteiger partial charge in [0.1, 0.15) is 11.3 Å². The molecule has 0 N–H and O–H groups in total. The molecule has 0 bridgehead atoms. The second-order valence-electron chi connectivity index (χ2n) is 4.32. The van der Waals surface area contributed by atoms with Crippen LogP contribution in [0.3, 0.4) is 0 Å². The molecule has 0 radical (unpaired) electrons. The molecule has 0 amide bonds. The van der Waals surface area contributed by atoms with Gasteiger partial charge in [-0.05, 0) is 47.2 Å². The lowest BCUT2D eigenvalue weighted by Crippen LogP contribution is -1.71. The fourth-order valence-corrected chi connectivity index (χ4v) is 3.01. The van der Waals surface area contributed by atoms with Gasteiger partial charge in [0.05, 0.1) is 0 Å². The quantitative estimate of drug-likeness (QED) is 0.446. The van der Waals surface area contributed by atoms with Crippen molar-refractivity contribution in [2.45, 2.75) is 0 Å². The number of hydrogen-bond acceptors (Lipinski definition) is 2. The molecule has 0 aliphatic carbocycles. The first kappa shape index (κ1) is 9.92. The largest absolute Gasteiger partial charge is 0.456 e. The maximum atomic E-state index is 5.88. The standard InChI is InChI=1S/C16H10OS/c1-2-4-14-11(3-1)10-15(17-14)12-5-6-16-13(9-12)7-8-18-16/h1-10H. The van der Waals surface area contributed by atoms with Crippen molar-refractivity contribution in [3.05, 3.63) is 60.0 Å². The molecule has 2 heteroatoms. The fourth-order valence-electron chi connectivity index (χ4n) is 2.24. The molecule has 0 aliphatic heterocycles. The van der Waals surface area contributed by atoms with Gasteiger partial charge in [0.15, 0.2) is 0 Å². The summed E-state index contributed by atoms with van der Waals surface area (Å²) in [5.41, 5.74) is 2.08. The van der Waals surface area contributed by atoms with Gasteiger partial charge in [-0.25, -0.2) is 0 Å². The highest BCUT2D eigenvalue weighted by Crippen LogP contribution is 2.31. The van der Waals surface area contributed by atoms with E-state index in [9.17, 15) is 0 Å². The van der Waals surface area contributed by atoms with Gasteiger partial charge < -0.3 is 4.42 Å². The third-order valence-corrected chi connectivity index (χ3v) is 4.06. The van der Waals surface area contributed by atoms with Crippen LogP contribution in [0, 0.1) is 0 Å². The molecule has 0 atom stereocenters. The van der Waals surface area contributed by atoms with E-state index in [4.69, 9.17) is 4.42 Å². The van der Waals surface area contributed by atoms with E-state index in [1.54, 1.807) is 11.3 Å².